The highest BCUT2D eigenvalue weighted by molar-refractivity contribution is 7.99. The maximum absolute atomic E-state index is 13.5. The molecule has 36 heavy (non-hydrogen) atoms. The quantitative estimate of drug-likeness (QED) is 0.339. The Morgan fingerprint density at radius 2 is 1.81 bits per heavy atom. The molecule has 0 saturated heterocycles. The van der Waals surface area contributed by atoms with Gasteiger partial charge in [-0.25, -0.2) is 9.99 Å². The van der Waals surface area contributed by atoms with Gasteiger partial charge in [-0.15, -0.1) is 0 Å². The monoisotopic (exact) mass is 502 g/mol. The number of carbonyl (C=O) groups excluding carboxylic acids is 1. The molecule has 1 aromatic heterocycles. The molecule has 0 spiro atoms. The highest BCUT2D eigenvalue weighted by Gasteiger charge is 2.35. The number of amides is 1. The largest absolute Gasteiger partial charge is 0.497 e. The first-order valence-corrected chi connectivity index (χ1v) is 12.4. The lowest BCUT2D eigenvalue weighted by molar-refractivity contribution is -0.130. The number of aromatic amines is 1. The molecule has 1 atom stereocenters. The standard InChI is InChI=1S/C27H26N4O4S/c1-33-18-13-11-17(12-14-18)22-15-23(19-7-6-10-24(34-2)26(19)35-3)31(30-22)25(32)16-36-27-28-20-8-4-5-9-21(20)29-27/h4-14,23H,15-16H2,1-3H3,(H,28,29)/t23-/m0/s1. The van der Waals surface area contributed by atoms with Crippen molar-refractivity contribution in [1.29, 1.82) is 0 Å². The Kier molecular flexibility index (Phi) is 6.81. The first-order chi connectivity index (χ1) is 17.6. The van der Waals surface area contributed by atoms with E-state index in [1.54, 1.807) is 26.3 Å². The summed E-state index contributed by atoms with van der Waals surface area (Å²) in [6, 6.07) is 20.8. The van der Waals surface area contributed by atoms with E-state index in [2.05, 4.69) is 9.97 Å². The van der Waals surface area contributed by atoms with Crippen LogP contribution in [0.25, 0.3) is 11.0 Å². The number of benzene rings is 3. The lowest BCUT2D eigenvalue weighted by Crippen LogP contribution is -2.29. The number of thioether (sulfide) groups is 1. The van der Waals surface area contributed by atoms with E-state index in [1.807, 2.05) is 66.7 Å². The lowest BCUT2D eigenvalue weighted by Gasteiger charge is -2.24. The van der Waals surface area contributed by atoms with Gasteiger partial charge in [0.1, 0.15) is 5.75 Å². The van der Waals surface area contributed by atoms with E-state index < -0.39 is 0 Å². The van der Waals surface area contributed by atoms with Crippen LogP contribution in [0.15, 0.2) is 77.0 Å². The van der Waals surface area contributed by atoms with Crippen molar-refractivity contribution in [3.05, 3.63) is 77.9 Å². The molecule has 8 nitrogen and oxygen atoms in total. The molecule has 1 aliphatic heterocycles. The van der Waals surface area contributed by atoms with Crippen LogP contribution in [-0.4, -0.2) is 53.7 Å². The van der Waals surface area contributed by atoms with Gasteiger partial charge >= 0.3 is 0 Å². The second-order valence-corrected chi connectivity index (χ2v) is 9.13. The van der Waals surface area contributed by atoms with Gasteiger partial charge in [-0.05, 0) is 48.0 Å². The summed E-state index contributed by atoms with van der Waals surface area (Å²) in [4.78, 5) is 21.3. The molecule has 4 aromatic rings. The molecule has 1 N–H and O–H groups in total. The minimum absolute atomic E-state index is 0.126. The molecule has 2 heterocycles. The van der Waals surface area contributed by atoms with Crippen molar-refractivity contribution in [2.24, 2.45) is 5.10 Å². The Balaban J connectivity index is 1.44. The molecule has 1 aliphatic rings. The zero-order valence-corrected chi connectivity index (χ0v) is 21.0. The number of imidazole rings is 1. The Morgan fingerprint density at radius 3 is 2.53 bits per heavy atom. The van der Waals surface area contributed by atoms with Crippen LogP contribution in [-0.2, 0) is 4.79 Å². The molecule has 0 unspecified atom stereocenters. The minimum Gasteiger partial charge on any atom is -0.497 e. The van der Waals surface area contributed by atoms with Crippen LogP contribution in [0.5, 0.6) is 17.2 Å². The van der Waals surface area contributed by atoms with Crippen LogP contribution >= 0.6 is 11.8 Å². The normalized spacial score (nSPS) is 15.1. The number of fused-ring (bicyclic) bond motifs is 1. The van der Waals surface area contributed by atoms with Crippen LogP contribution in [0.2, 0.25) is 0 Å². The summed E-state index contributed by atoms with van der Waals surface area (Å²) in [6.07, 6.45) is 0.539. The molecule has 0 bridgehead atoms. The third-order valence-corrected chi connectivity index (χ3v) is 6.94. The smallest absolute Gasteiger partial charge is 0.253 e. The number of H-pyrrole nitrogens is 1. The third kappa shape index (κ3) is 4.61. The van der Waals surface area contributed by atoms with Gasteiger partial charge in [-0.1, -0.05) is 36.0 Å². The number of para-hydroxylation sites is 3. The maximum Gasteiger partial charge on any atom is 0.253 e. The van der Waals surface area contributed by atoms with Crippen molar-refractivity contribution in [1.82, 2.24) is 15.0 Å². The summed E-state index contributed by atoms with van der Waals surface area (Å²) < 4.78 is 16.5. The number of nitrogens with zero attached hydrogens (tertiary/aromatic N) is 3. The fraction of sp³-hybridized carbons (Fsp3) is 0.222. The molecule has 3 aromatic carbocycles. The summed E-state index contributed by atoms with van der Waals surface area (Å²) >= 11 is 1.36. The van der Waals surface area contributed by atoms with E-state index in [9.17, 15) is 4.79 Å². The fourth-order valence-corrected chi connectivity index (χ4v) is 5.05. The molecule has 1 amide bonds. The van der Waals surface area contributed by atoms with Gasteiger partial charge in [0.05, 0.1) is 49.9 Å². The number of hydrogen-bond donors (Lipinski definition) is 1. The van der Waals surface area contributed by atoms with Crippen molar-refractivity contribution in [3.63, 3.8) is 0 Å². The van der Waals surface area contributed by atoms with Crippen LogP contribution < -0.4 is 14.2 Å². The predicted molar refractivity (Wildman–Crippen MR) is 140 cm³/mol. The number of hydrazone groups is 1. The first kappa shape index (κ1) is 23.7. The van der Waals surface area contributed by atoms with Gasteiger partial charge in [0.15, 0.2) is 16.7 Å². The molecular weight excluding hydrogens is 476 g/mol. The Labute approximate surface area is 213 Å². The molecular formula is C27H26N4O4S. The molecule has 0 radical (unpaired) electrons. The molecule has 0 fully saturated rings. The summed E-state index contributed by atoms with van der Waals surface area (Å²) in [5, 5.41) is 7.03. The summed E-state index contributed by atoms with van der Waals surface area (Å²) in [5.41, 5.74) is 4.39. The summed E-state index contributed by atoms with van der Waals surface area (Å²) in [5.74, 6) is 2.02. The van der Waals surface area contributed by atoms with E-state index in [0.717, 1.165) is 33.6 Å². The zero-order chi connectivity index (χ0) is 25.1. The van der Waals surface area contributed by atoms with Crippen molar-refractivity contribution < 1.29 is 19.0 Å². The van der Waals surface area contributed by atoms with Crippen LogP contribution in [0, 0.1) is 0 Å². The second kappa shape index (κ2) is 10.3. The molecule has 184 valence electrons. The number of carbonyl (C=O) groups is 1. The maximum atomic E-state index is 13.5. The average Bonchev–Trinajstić information content (AvgIpc) is 3.56. The highest BCUT2D eigenvalue weighted by Crippen LogP contribution is 2.42. The number of hydrogen-bond acceptors (Lipinski definition) is 7. The van der Waals surface area contributed by atoms with Crippen molar-refractivity contribution in [2.45, 2.75) is 17.6 Å². The van der Waals surface area contributed by atoms with Crippen LogP contribution in [0.3, 0.4) is 0 Å². The van der Waals surface area contributed by atoms with E-state index >= 15 is 0 Å². The highest BCUT2D eigenvalue weighted by atomic mass is 32.2. The van der Waals surface area contributed by atoms with Gasteiger partial charge in [-0.3, -0.25) is 4.79 Å². The van der Waals surface area contributed by atoms with Crippen molar-refractivity contribution in [2.75, 3.05) is 27.1 Å². The SMILES string of the molecule is COc1ccc(C2=NN(C(=O)CSc3nc4ccccc4[nH]3)[C@H](c3cccc(OC)c3OC)C2)cc1. The number of ether oxygens (including phenoxy) is 3. The van der Waals surface area contributed by atoms with Gasteiger partial charge in [-0.2, -0.15) is 5.10 Å². The van der Waals surface area contributed by atoms with E-state index in [-0.39, 0.29) is 17.7 Å². The number of nitrogens with one attached hydrogen (secondary N) is 1. The van der Waals surface area contributed by atoms with Crippen LogP contribution in [0.4, 0.5) is 0 Å². The molecule has 0 saturated carbocycles. The third-order valence-electron chi connectivity index (χ3n) is 6.08. The van der Waals surface area contributed by atoms with E-state index in [0.29, 0.717) is 23.1 Å². The molecule has 5 rings (SSSR count). The fourth-order valence-electron chi connectivity index (χ4n) is 4.31. The minimum atomic E-state index is -0.337. The zero-order valence-electron chi connectivity index (χ0n) is 20.2. The number of methoxy groups -OCH3 is 3. The Hall–Kier alpha value is -3.98. The van der Waals surface area contributed by atoms with Gasteiger partial charge in [0.2, 0.25) is 0 Å². The van der Waals surface area contributed by atoms with Crippen LogP contribution in [0.1, 0.15) is 23.6 Å². The Bertz CT molecular complexity index is 1380. The molecule has 9 heteroatoms. The summed E-state index contributed by atoms with van der Waals surface area (Å²) in [6.45, 7) is 0. The van der Waals surface area contributed by atoms with Gasteiger partial charge in [0, 0.05) is 12.0 Å². The first-order valence-electron chi connectivity index (χ1n) is 11.4. The second-order valence-electron chi connectivity index (χ2n) is 8.16. The average molecular weight is 503 g/mol. The van der Waals surface area contributed by atoms with E-state index in [1.165, 1.54) is 11.8 Å². The van der Waals surface area contributed by atoms with Crippen molar-refractivity contribution in [3.8, 4) is 17.2 Å². The van der Waals surface area contributed by atoms with Gasteiger partial charge < -0.3 is 19.2 Å². The van der Waals surface area contributed by atoms with E-state index in [4.69, 9.17) is 19.3 Å². The number of aromatic nitrogens is 2. The lowest BCUT2D eigenvalue weighted by atomic mass is 9.97. The summed E-state index contributed by atoms with van der Waals surface area (Å²) in [7, 11) is 4.83. The van der Waals surface area contributed by atoms with Crippen molar-refractivity contribution >= 4 is 34.4 Å². The topological polar surface area (TPSA) is 89.0 Å². The van der Waals surface area contributed by atoms with Gasteiger partial charge in [0.25, 0.3) is 5.91 Å². The Morgan fingerprint density at radius 1 is 1.00 bits per heavy atom. The number of rotatable bonds is 8. The predicted octanol–water partition coefficient (Wildman–Crippen LogP) is 5.06. The molecule has 0 aliphatic carbocycles.